The van der Waals surface area contributed by atoms with Gasteiger partial charge in [0.05, 0.1) is 0 Å². The summed E-state index contributed by atoms with van der Waals surface area (Å²) in [6.07, 6.45) is 0. The minimum absolute atomic E-state index is 0.830. The van der Waals surface area contributed by atoms with Crippen molar-refractivity contribution in [2.24, 2.45) is 0 Å². The Kier molecular flexibility index (Phi) is 8.02. The van der Waals surface area contributed by atoms with Crippen LogP contribution in [0.25, 0.3) is 10.8 Å². The van der Waals surface area contributed by atoms with Crippen molar-refractivity contribution in [3.8, 4) is 0 Å². The van der Waals surface area contributed by atoms with Gasteiger partial charge in [0.25, 0.3) is 0 Å². The fraction of sp³-hybridized carbons (Fsp3) is 0.214. The Morgan fingerprint density at radius 1 is 0.531 bits per heavy atom. The molecule has 164 valence electrons. The van der Waals surface area contributed by atoms with E-state index in [9.17, 15) is 0 Å². The van der Waals surface area contributed by atoms with E-state index >= 15 is 0 Å². The lowest BCUT2D eigenvalue weighted by Crippen LogP contribution is -2.03. The molecule has 0 spiro atoms. The number of anilines is 2. The number of hydrogen-bond acceptors (Lipinski definition) is 4. The van der Waals surface area contributed by atoms with E-state index in [2.05, 4.69) is 109 Å². The van der Waals surface area contributed by atoms with E-state index in [0.29, 0.717) is 0 Å². The zero-order valence-corrected chi connectivity index (χ0v) is 20.4. The van der Waals surface area contributed by atoms with Crippen LogP contribution in [-0.4, -0.2) is 11.5 Å². The highest BCUT2D eigenvalue weighted by Crippen LogP contribution is 2.42. The van der Waals surface area contributed by atoms with Crippen LogP contribution in [0.4, 0.5) is 11.4 Å². The van der Waals surface area contributed by atoms with Gasteiger partial charge < -0.3 is 10.6 Å². The normalized spacial score (nSPS) is 10.9. The highest BCUT2D eigenvalue weighted by atomic mass is 32.2. The summed E-state index contributed by atoms with van der Waals surface area (Å²) in [6.45, 7) is 6.11. The zero-order valence-electron chi connectivity index (χ0n) is 18.7. The van der Waals surface area contributed by atoms with E-state index in [-0.39, 0.29) is 0 Å². The summed E-state index contributed by atoms with van der Waals surface area (Å²) in [5.41, 5.74) is 5.02. The largest absolute Gasteiger partial charge is 0.380 e. The topological polar surface area (TPSA) is 24.1 Å². The molecule has 0 saturated heterocycles. The number of benzene rings is 4. The van der Waals surface area contributed by atoms with Crippen molar-refractivity contribution in [2.75, 3.05) is 22.1 Å². The van der Waals surface area contributed by atoms with Crippen LogP contribution in [0.3, 0.4) is 0 Å². The Morgan fingerprint density at radius 2 is 0.938 bits per heavy atom. The molecule has 4 heteroatoms. The first-order valence-corrected chi connectivity index (χ1v) is 13.2. The lowest BCUT2D eigenvalue weighted by molar-refractivity contribution is 1.13. The standard InChI is InChI=1S/C28H30N2S2/c1-3-31-27-23-15-18-26(30-20-22-13-9-6-10-14-22)28(32-4-2)24(23)16-17-25(27)29-19-21-11-7-5-8-12-21/h5-18,29-30H,3-4,19-20H2,1-2H3. The predicted molar refractivity (Wildman–Crippen MR) is 144 cm³/mol. The summed E-state index contributed by atoms with van der Waals surface area (Å²) < 4.78 is 0. The highest BCUT2D eigenvalue weighted by Gasteiger charge is 2.14. The molecule has 0 aliphatic heterocycles. The average molecular weight is 459 g/mol. The molecule has 32 heavy (non-hydrogen) atoms. The second kappa shape index (κ2) is 11.3. The summed E-state index contributed by atoms with van der Waals surface area (Å²) in [5, 5.41) is 10.0. The maximum absolute atomic E-state index is 3.68. The molecule has 0 saturated carbocycles. The second-order valence-electron chi connectivity index (χ2n) is 7.52. The first kappa shape index (κ1) is 22.6. The molecule has 0 aliphatic rings. The zero-order chi connectivity index (χ0) is 22.2. The molecule has 0 radical (unpaired) electrons. The first-order chi connectivity index (χ1) is 15.8. The number of hydrogen-bond donors (Lipinski definition) is 2. The Hall–Kier alpha value is -2.56. The van der Waals surface area contributed by atoms with Gasteiger partial charge in [0.1, 0.15) is 0 Å². The number of rotatable bonds is 10. The Labute approximate surface area is 200 Å². The Balaban J connectivity index is 1.67. The van der Waals surface area contributed by atoms with E-state index in [0.717, 1.165) is 24.6 Å². The van der Waals surface area contributed by atoms with Gasteiger partial charge in [-0.25, -0.2) is 0 Å². The third kappa shape index (κ3) is 5.43. The van der Waals surface area contributed by atoms with Crippen molar-refractivity contribution in [2.45, 2.75) is 36.7 Å². The summed E-state index contributed by atoms with van der Waals surface area (Å²) in [7, 11) is 0. The van der Waals surface area contributed by atoms with E-state index in [1.54, 1.807) is 0 Å². The summed E-state index contributed by atoms with van der Waals surface area (Å²) in [5.74, 6) is 2.09. The maximum atomic E-state index is 3.68. The molecule has 2 N–H and O–H groups in total. The van der Waals surface area contributed by atoms with Gasteiger partial charge >= 0.3 is 0 Å². The summed E-state index contributed by atoms with van der Waals surface area (Å²) in [4.78, 5) is 2.68. The maximum Gasteiger partial charge on any atom is 0.0487 e. The summed E-state index contributed by atoms with van der Waals surface area (Å²) >= 11 is 3.83. The van der Waals surface area contributed by atoms with Crippen LogP contribution in [-0.2, 0) is 13.1 Å². The van der Waals surface area contributed by atoms with Crippen molar-refractivity contribution in [1.82, 2.24) is 0 Å². The van der Waals surface area contributed by atoms with Crippen LogP contribution in [0, 0.1) is 0 Å². The highest BCUT2D eigenvalue weighted by molar-refractivity contribution is 8.00. The van der Waals surface area contributed by atoms with Crippen molar-refractivity contribution < 1.29 is 0 Å². The van der Waals surface area contributed by atoms with Gasteiger partial charge in [-0.1, -0.05) is 86.6 Å². The van der Waals surface area contributed by atoms with Crippen molar-refractivity contribution >= 4 is 45.7 Å². The molecule has 0 atom stereocenters. The molecule has 0 heterocycles. The fourth-order valence-electron chi connectivity index (χ4n) is 3.81. The first-order valence-electron chi connectivity index (χ1n) is 11.2. The fourth-order valence-corrected chi connectivity index (χ4v) is 5.65. The minimum atomic E-state index is 0.830. The molecule has 0 aliphatic carbocycles. The van der Waals surface area contributed by atoms with Gasteiger partial charge in [-0.3, -0.25) is 0 Å². The third-order valence-corrected chi connectivity index (χ3v) is 7.37. The quantitative estimate of drug-likeness (QED) is 0.233. The summed E-state index contributed by atoms with van der Waals surface area (Å²) in [6, 6.07) is 30.3. The van der Waals surface area contributed by atoms with E-state index in [1.165, 1.54) is 43.1 Å². The smallest absolute Gasteiger partial charge is 0.0487 e. The second-order valence-corrected chi connectivity index (χ2v) is 10.1. The van der Waals surface area contributed by atoms with Crippen molar-refractivity contribution in [3.63, 3.8) is 0 Å². The Morgan fingerprint density at radius 3 is 1.31 bits per heavy atom. The molecule has 2 nitrogen and oxygen atoms in total. The van der Waals surface area contributed by atoms with E-state index < -0.39 is 0 Å². The van der Waals surface area contributed by atoms with E-state index in [4.69, 9.17) is 0 Å². The molecular formula is C28H30N2S2. The van der Waals surface area contributed by atoms with Gasteiger partial charge in [-0.15, -0.1) is 23.5 Å². The van der Waals surface area contributed by atoms with Gasteiger partial charge in [-0.05, 0) is 45.5 Å². The molecular weight excluding hydrogens is 428 g/mol. The SMILES string of the molecule is CCSc1c(NCc2ccccc2)ccc2c(SCC)c(NCc3ccccc3)ccc12. The predicted octanol–water partition coefficient (Wildman–Crippen LogP) is 8.29. The molecule has 0 fully saturated rings. The molecule has 0 amide bonds. The lowest BCUT2D eigenvalue weighted by Gasteiger charge is -2.19. The van der Waals surface area contributed by atoms with Crippen LogP contribution in [0.15, 0.2) is 94.7 Å². The number of thioether (sulfide) groups is 2. The van der Waals surface area contributed by atoms with Crippen LogP contribution in [0.1, 0.15) is 25.0 Å². The molecule has 4 aromatic carbocycles. The molecule has 0 unspecified atom stereocenters. The molecule has 0 aromatic heterocycles. The van der Waals surface area contributed by atoms with Gasteiger partial charge in [-0.2, -0.15) is 0 Å². The number of nitrogens with one attached hydrogen (secondary N) is 2. The van der Waals surface area contributed by atoms with Crippen LogP contribution < -0.4 is 10.6 Å². The van der Waals surface area contributed by atoms with Crippen LogP contribution >= 0.6 is 23.5 Å². The van der Waals surface area contributed by atoms with E-state index in [1.807, 2.05) is 23.5 Å². The Bertz CT molecular complexity index is 1050. The van der Waals surface area contributed by atoms with Gasteiger partial charge in [0, 0.05) is 34.3 Å². The van der Waals surface area contributed by atoms with Crippen molar-refractivity contribution in [3.05, 3.63) is 96.1 Å². The molecule has 0 bridgehead atoms. The third-order valence-electron chi connectivity index (χ3n) is 5.33. The molecule has 4 rings (SSSR count). The van der Waals surface area contributed by atoms with Crippen LogP contribution in [0.5, 0.6) is 0 Å². The van der Waals surface area contributed by atoms with Gasteiger partial charge in [0.15, 0.2) is 0 Å². The monoisotopic (exact) mass is 458 g/mol. The average Bonchev–Trinajstić information content (AvgIpc) is 2.84. The molecule has 4 aromatic rings. The lowest BCUT2D eigenvalue weighted by atomic mass is 10.1. The minimum Gasteiger partial charge on any atom is -0.380 e. The van der Waals surface area contributed by atoms with Gasteiger partial charge in [0.2, 0.25) is 0 Å². The number of fused-ring (bicyclic) bond motifs is 1. The van der Waals surface area contributed by atoms with Crippen molar-refractivity contribution in [1.29, 1.82) is 0 Å². The van der Waals surface area contributed by atoms with Crippen LogP contribution in [0.2, 0.25) is 0 Å².